The maximum Gasteiger partial charge on any atom is 0.326 e. The SMILES string of the molecule is CC[C@@H](NC(=O)Nc1ccc(F)cc1F)C(=O)O. The number of amides is 2. The number of aliphatic carboxylic acids is 1. The third-order valence-electron chi connectivity index (χ3n) is 2.19. The van der Waals surface area contributed by atoms with Crippen molar-refractivity contribution in [1.82, 2.24) is 5.32 Å². The van der Waals surface area contributed by atoms with E-state index in [1.807, 2.05) is 0 Å². The summed E-state index contributed by atoms with van der Waals surface area (Å²) in [5.74, 6) is -2.89. The van der Waals surface area contributed by atoms with E-state index < -0.39 is 29.7 Å². The van der Waals surface area contributed by atoms with Gasteiger partial charge in [0.1, 0.15) is 17.7 Å². The molecular formula is C11H12F2N2O3. The van der Waals surface area contributed by atoms with Crippen molar-refractivity contribution in [2.24, 2.45) is 0 Å². The molecule has 0 heterocycles. The van der Waals surface area contributed by atoms with Gasteiger partial charge in [0.05, 0.1) is 5.69 Å². The second-order valence-corrected chi connectivity index (χ2v) is 3.52. The Morgan fingerprint density at radius 3 is 2.56 bits per heavy atom. The summed E-state index contributed by atoms with van der Waals surface area (Å²) in [6, 6.07) is 0.715. The first-order valence-electron chi connectivity index (χ1n) is 5.19. The molecule has 1 aromatic carbocycles. The fourth-order valence-corrected chi connectivity index (χ4v) is 1.25. The van der Waals surface area contributed by atoms with Crippen LogP contribution in [0.2, 0.25) is 0 Å². The molecule has 0 bridgehead atoms. The van der Waals surface area contributed by atoms with Crippen LogP contribution in [0.5, 0.6) is 0 Å². The highest BCUT2D eigenvalue weighted by molar-refractivity contribution is 5.92. The molecule has 0 aliphatic rings. The number of hydrogen-bond acceptors (Lipinski definition) is 2. The molecule has 2 amide bonds. The average Bonchev–Trinajstić information content (AvgIpc) is 2.29. The van der Waals surface area contributed by atoms with Crippen molar-refractivity contribution in [3.8, 4) is 0 Å². The molecule has 98 valence electrons. The Bertz CT molecular complexity index is 466. The van der Waals surface area contributed by atoms with Crippen LogP contribution in [0.15, 0.2) is 18.2 Å². The minimum absolute atomic E-state index is 0.189. The number of nitrogens with one attached hydrogen (secondary N) is 2. The average molecular weight is 258 g/mol. The lowest BCUT2D eigenvalue weighted by atomic mass is 10.2. The van der Waals surface area contributed by atoms with Crippen LogP contribution in [0.25, 0.3) is 0 Å². The number of halogens is 2. The molecule has 5 nitrogen and oxygen atoms in total. The van der Waals surface area contributed by atoms with Gasteiger partial charge >= 0.3 is 12.0 Å². The number of carboxylic acid groups (broad SMARTS) is 1. The molecule has 0 unspecified atom stereocenters. The van der Waals surface area contributed by atoms with E-state index in [0.29, 0.717) is 6.07 Å². The van der Waals surface area contributed by atoms with Crippen molar-refractivity contribution < 1.29 is 23.5 Å². The van der Waals surface area contributed by atoms with Gasteiger partial charge in [-0.1, -0.05) is 6.92 Å². The highest BCUT2D eigenvalue weighted by Crippen LogP contribution is 2.14. The van der Waals surface area contributed by atoms with Gasteiger partial charge in [-0.05, 0) is 18.6 Å². The van der Waals surface area contributed by atoms with E-state index in [-0.39, 0.29) is 12.1 Å². The molecule has 0 spiro atoms. The van der Waals surface area contributed by atoms with Gasteiger partial charge in [0, 0.05) is 6.07 Å². The fraction of sp³-hybridized carbons (Fsp3) is 0.273. The molecule has 1 atom stereocenters. The molecule has 0 saturated carbocycles. The first kappa shape index (κ1) is 13.9. The summed E-state index contributed by atoms with van der Waals surface area (Å²) in [4.78, 5) is 22.0. The predicted molar refractivity (Wildman–Crippen MR) is 60.2 cm³/mol. The maximum atomic E-state index is 13.2. The number of carboxylic acids is 1. The summed E-state index contributed by atoms with van der Waals surface area (Å²) in [5, 5.41) is 13.0. The third kappa shape index (κ3) is 3.69. The van der Waals surface area contributed by atoms with E-state index in [0.717, 1.165) is 12.1 Å². The number of benzene rings is 1. The van der Waals surface area contributed by atoms with E-state index in [1.165, 1.54) is 0 Å². The van der Waals surface area contributed by atoms with Crippen molar-refractivity contribution in [2.75, 3.05) is 5.32 Å². The highest BCUT2D eigenvalue weighted by Gasteiger charge is 2.18. The number of urea groups is 1. The van der Waals surface area contributed by atoms with Gasteiger partial charge in [0.25, 0.3) is 0 Å². The van der Waals surface area contributed by atoms with Gasteiger partial charge < -0.3 is 15.7 Å². The standard InChI is InChI=1S/C11H12F2N2O3/c1-2-8(10(16)17)14-11(18)15-9-4-3-6(12)5-7(9)13/h3-5,8H,2H2,1H3,(H,16,17)(H2,14,15,18)/t8-/m1/s1. The Labute approximate surface area is 102 Å². The zero-order valence-electron chi connectivity index (χ0n) is 9.54. The Balaban J connectivity index is 2.67. The Morgan fingerprint density at radius 1 is 1.39 bits per heavy atom. The van der Waals surface area contributed by atoms with Crippen LogP contribution in [-0.2, 0) is 4.79 Å². The maximum absolute atomic E-state index is 13.2. The Morgan fingerprint density at radius 2 is 2.06 bits per heavy atom. The Hall–Kier alpha value is -2.18. The number of anilines is 1. The van der Waals surface area contributed by atoms with Crippen molar-refractivity contribution in [1.29, 1.82) is 0 Å². The van der Waals surface area contributed by atoms with Crippen molar-refractivity contribution >= 4 is 17.7 Å². The summed E-state index contributed by atoms with van der Waals surface area (Å²) >= 11 is 0. The van der Waals surface area contributed by atoms with Crippen LogP contribution >= 0.6 is 0 Å². The Kier molecular flexibility index (Phi) is 4.59. The van der Waals surface area contributed by atoms with Crippen LogP contribution in [-0.4, -0.2) is 23.1 Å². The lowest BCUT2D eigenvalue weighted by molar-refractivity contribution is -0.139. The minimum atomic E-state index is -1.19. The number of rotatable bonds is 4. The quantitative estimate of drug-likeness (QED) is 0.772. The smallest absolute Gasteiger partial charge is 0.326 e. The normalized spacial score (nSPS) is 11.7. The van der Waals surface area contributed by atoms with Gasteiger partial charge in [0.2, 0.25) is 0 Å². The zero-order chi connectivity index (χ0) is 13.7. The molecule has 1 aromatic rings. The molecular weight excluding hydrogens is 246 g/mol. The molecule has 18 heavy (non-hydrogen) atoms. The molecule has 3 N–H and O–H groups in total. The topological polar surface area (TPSA) is 78.4 Å². The van der Waals surface area contributed by atoms with Gasteiger partial charge in [-0.25, -0.2) is 18.4 Å². The van der Waals surface area contributed by atoms with Gasteiger partial charge in [0.15, 0.2) is 0 Å². The summed E-state index contributed by atoms with van der Waals surface area (Å²) < 4.78 is 25.8. The van der Waals surface area contributed by atoms with Crippen molar-refractivity contribution in [3.05, 3.63) is 29.8 Å². The zero-order valence-corrected chi connectivity index (χ0v) is 9.54. The van der Waals surface area contributed by atoms with Gasteiger partial charge in [-0.3, -0.25) is 0 Å². The monoisotopic (exact) mass is 258 g/mol. The first-order chi connectivity index (χ1) is 8.43. The molecule has 7 heteroatoms. The molecule has 0 radical (unpaired) electrons. The first-order valence-corrected chi connectivity index (χ1v) is 5.19. The van der Waals surface area contributed by atoms with Crippen LogP contribution in [0.3, 0.4) is 0 Å². The van der Waals surface area contributed by atoms with Gasteiger partial charge in [-0.15, -0.1) is 0 Å². The summed E-state index contributed by atoms with van der Waals surface area (Å²) in [6.07, 6.45) is 0.189. The lowest BCUT2D eigenvalue weighted by Crippen LogP contribution is -2.42. The van der Waals surface area contributed by atoms with Crippen LogP contribution in [0.4, 0.5) is 19.3 Å². The number of carbonyl (C=O) groups excluding carboxylic acids is 1. The second kappa shape index (κ2) is 5.95. The summed E-state index contributed by atoms with van der Waals surface area (Å²) in [6.45, 7) is 1.58. The predicted octanol–water partition coefficient (Wildman–Crippen LogP) is 1.95. The van der Waals surface area contributed by atoms with E-state index in [9.17, 15) is 18.4 Å². The second-order valence-electron chi connectivity index (χ2n) is 3.52. The van der Waals surface area contributed by atoms with Crippen LogP contribution < -0.4 is 10.6 Å². The van der Waals surface area contributed by atoms with Crippen LogP contribution in [0.1, 0.15) is 13.3 Å². The molecule has 0 aliphatic heterocycles. The summed E-state index contributed by atoms with van der Waals surface area (Å²) in [7, 11) is 0. The van der Waals surface area contributed by atoms with Crippen molar-refractivity contribution in [2.45, 2.75) is 19.4 Å². The largest absolute Gasteiger partial charge is 0.480 e. The number of carbonyl (C=O) groups is 2. The van der Waals surface area contributed by atoms with Gasteiger partial charge in [-0.2, -0.15) is 0 Å². The molecule has 1 rings (SSSR count). The number of hydrogen-bond donors (Lipinski definition) is 3. The van der Waals surface area contributed by atoms with Crippen molar-refractivity contribution in [3.63, 3.8) is 0 Å². The molecule has 0 aliphatic carbocycles. The third-order valence-corrected chi connectivity index (χ3v) is 2.19. The van der Waals surface area contributed by atoms with E-state index >= 15 is 0 Å². The van der Waals surface area contributed by atoms with Crippen LogP contribution in [0, 0.1) is 11.6 Å². The molecule has 0 aromatic heterocycles. The highest BCUT2D eigenvalue weighted by atomic mass is 19.1. The molecule has 0 fully saturated rings. The van der Waals surface area contributed by atoms with E-state index in [1.54, 1.807) is 6.92 Å². The fourth-order valence-electron chi connectivity index (χ4n) is 1.25. The van der Waals surface area contributed by atoms with E-state index in [4.69, 9.17) is 5.11 Å². The lowest BCUT2D eigenvalue weighted by Gasteiger charge is -2.13. The minimum Gasteiger partial charge on any atom is -0.480 e. The van der Waals surface area contributed by atoms with E-state index in [2.05, 4.69) is 10.6 Å². The summed E-state index contributed by atoms with van der Waals surface area (Å²) in [5.41, 5.74) is -0.228. The molecule has 0 saturated heterocycles.